The van der Waals surface area contributed by atoms with Crippen LogP contribution in [-0.4, -0.2) is 17.0 Å². The Bertz CT molecular complexity index is 665. The van der Waals surface area contributed by atoms with E-state index >= 15 is 0 Å². The quantitative estimate of drug-likeness (QED) is 0.903. The van der Waals surface area contributed by atoms with E-state index in [0.717, 1.165) is 11.1 Å². The lowest BCUT2D eigenvalue weighted by Crippen LogP contribution is -2.20. The standard InChI is InChI=1S/C17H17NO3/c1-11-8-9-15(14(10-11)17(20)21)18-16(19)12(2)13-6-4-3-5-7-13/h3-10,12H,1-2H3,(H,18,19)(H,20,21). The van der Waals surface area contributed by atoms with Gasteiger partial charge in [0, 0.05) is 0 Å². The number of anilines is 1. The highest BCUT2D eigenvalue weighted by Crippen LogP contribution is 2.21. The van der Waals surface area contributed by atoms with E-state index in [9.17, 15) is 14.7 Å². The van der Waals surface area contributed by atoms with E-state index in [1.54, 1.807) is 25.1 Å². The summed E-state index contributed by atoms with van der Waals surface area (Å²) in [5.41, 5.74) is 2.14. The zero-order valence-corrected chi connectivity index (χ0v) is 12.0. The molecule has 2 N–H and O–H groups in total. The molecular weight excluding hydrogens is 266 g/mol. The SMILES string of the molecule is Cc1ccc(NC(=O)C(C)c2ccccc2)c(C(=O)O)c1. The Kier molecular flexibility index (Phi) is 4.38. The van der Waals surface area contributed by atoms with Gasteiger partial charge in [-0.1, -0.05) is 42.0 Å². The number of carbonyl (C=O) groups excluding carboxylic acids is 1. The van der Waals surface area contributed by atoms with Crippen molar-refractivity contribution in [1.82, 2.24) is 0 Å². The molecule has 0 spiro atoms. The fourth-order valence-corrected chi connectivity index (χ4v) is 2.08. The van der Waals surface area contributed by atoms with E-state index in [4.69, 9.17) is 0 Å². The highest BCUT2D eigenvalue weighted by atomic mass is 16.4. The smallest absolute Gasteiger partial charge is 0.337 e. The molecule has 2 rings (SSSR count). The number of carbonyl (C=O) groups is 2. The third-order valence-corrected chi connectivity index (χ3v) is 3.36. The Morgan fingerprint density at radius 2 is 1.76 bits per heavy atom. The molecule has 0 heterocycles. The maximum absolute atomic E-state index is 12.3. The van der Waals surface area contributed by atoms with Crippen molar-refractivity contribution >= 4 is 17.6 Å². The molecule has 0 saturated heterocycles. The Morgan fingerprint density at radius 1 is 1.10 bits per heavy atom. The first-order valence-electron chi connectivity index (χ1n) is 6.69. The molecule has 2 aromatic rings. The van der Waals surface area contributed by atoms with Crippen LogP contribution in [0.2, 0.25) is 0 Å². The van der Waals surface area contributed by atoms with E-state index < -0.39 is 5.97 Å². The van der Waals surface area contributed by atoms with Gasteiger partial charge in [0.15, 0.2) is 0 Å². The van der Waals surface area contributed by atoms with Crippen LogP contribution < -0.4 is 5.32 Å². The van der Waals surface area contributed by atoms with Crippen molar-refractivity contribution in [2.75, 3.05) is 5.32 Å². The number of amides is 1. The maximum Gasteiger partial charge on any atom is 0.337 e. The highest BCUT2D eigenvalue weighted by Gasteiger charge is 2.18. The highest BCUT2D eigenvalue weighted by molar-refractivity contribution is 6.02. The van der Waals surface area contributed by atoms with Crippen LogP contribution in [0.4, 0.5) is 5.69 Å². The summed E-state index contributed by atoms with van der Waals surface area (Å²) < 4.78 is 0. The number of nitrogens with one attached hydrogen (secondary N) is 1. The number of carboxylic acid groups (broad SMARTS) is 1. The molecule has 1 atom stereocenters. The lowest BCUT2D eigenvalue weighted by atomic mass is 10.00. The Morgan fingerprint density at radius 3 is 2.38 bits per heavy atom. The van der Waals surface area contributed by atoms with Crippen molar-refractivity contribution in [3.63, 3.8) is 0 Å². The van der Waals surface area contributed by atoms with Crippen molar-refractivity contribution < 1.29 is 14.7 Å². The van der Waals surface area contributed by atoms with Gasteiger partial charge in [-0.3, -0.25) is 4.79 Å². The van der Waals surface area contributed by atoms with Gasteiger partial charge in [0.2, 0.25) is 5.91 Å². The molecule has 0 saturated carbocycles. The van der Waals surface area contributed by atoms with Gasteiger partial charge in [-0.15, -0.1) is 0 Å². The van der Waals surface area contributed by atoms with Crippen molar-refractivity contribution in [2.24, 2.45) is 0 Å². The lowest BCUT2D eigenvalue weighted by molar-refractivity contribution is -0.117. The summed E-state index contributed by atoms with van der Waals surface area (Å²) in [6.45, 7) is 3.60. The molecule has 0 aliphatic heterocycles. The summed E-state index contributed by atoms with van der Waals surface area (Å²) in [6.07, 6.45) is 0. The van der Waals surface area contributed by atoms with Gasteiger partial charge in [0.1, 0.15) is 0 Å². The van der Waals surface area contributed by atoms with Gasteiger partial charge in [-0.2, -0.15) is 0 Å². The number of rotatable bonds is 4. The third kappa shape index (κ3) is 3.48. The van der Waals surface area contributed by atoms with Crippen LogP contribution in [-0.2, 0) is 4.79 Å². The summed E-state index contributed by atoms with van der Waals surface area (Å²) in [6, 6.07) is 14.3. The molecule has 4 heteroatoms. The molecule has 0 bridgehead atoms. The van der Waals surface area contributed by atoms with Gasteiger partial charge in [-0.05, 0) is 31.5 Å². The summed E-state index contributed by atoms with van der Waals surface area (Å²) in [7, 11) is 0. The fourth-order valence-electron chi connectivity index (χ4n) is 2.08. The van der Waals surface area contributed by atoms with E-state index in [-0.39, 0.29) is 17.4 Å². The molecule has 0 aliphatic rings. The van der Waals surface area contributed by atoms with E-state index in [0.29, 0.717) is 5.69 Å². The third-order valence-electron chi connectivity index (χ3n) is 3.36. The van der Waals surface area contributed by atoms with Gasteiger partial charge in [0.25, 0.3) is 0 Å². The molecule has 4 nitrogen and oxygen atoms in total. The summed E-state index contributed by atoms with van der Waals surface area (Å²) >= 11 is 0. The second-order valence-electron chi connectivity index (χ2n) is 4.98. The van der Waals surface area contributed by atoms with Crippen molar-refractivity contribution in [2.45, 2.75) is 19.8 Å². The number of aromatic carboxylic acids is 1. The molecular formula is C17H17NO3. The normalized spacial score (nSPS) is 11.7. The maximum atomic E-state index is 12.3. The minimum atomic E-state index is -1.05. The van der Waals surface area contributed by atoms with Crippen molar-refractivity contribution in [1.29, 1.82) is 0 Å². The topological polar surface area (TPSA) is 66.4 Å². The van der Waals surface area contributed by atoms with E-state index in [1.165, 1.54) is 0 Å². The molecule has 108 valence electrons. The van der Waals surface area contributed by atoms with E-state index in [1.807, 2.05) is 37.3 Å². The Hall–Kier alpha value is -2.62. The van der Waals surface area contributed by atoms with Gasteiger partial charge < -0.3 is 10.4 Å². The largest absolute Gasteiger partial charge is 0.478 e. The molecule has 0 radical (unpaired) electrons. The monoisotopic (exact) mass is 283 g/mol. The zero-order chi connectivity index (χ0) is 15.4. The Balaban J connectivity index is 2.22. The van der Waals surface area contributed by atoms with Crippen LogP contribution in [0.3, 0.4) is 0 Å². The number of benzene rings is 2. The van der Waals surface area contributed by atoms with Crippen LogP contribution in [0.5, 0.6) is 0 Å². The molecule has 0 aromatic heterocycles. The predicted molar refractivity (Wildman–Crippen MR) is 81.6 cm³/mol. The first-order valence-corrected chi connectivity index (χ1v) is 6.69. The summed E-state index contributed by atoms with van der Waals surface area (Å²) in [5.74, 6) is -1.64. The minimum absolute atomic E-state index is 0.101. The zero-order valence-electron chi connectivity index (χ0n) is 12.0. The van der Waals surface area contributed by atoms with Crippen LogP contribution in [0.25, 0.3) is 0 Å². The molecule has 0 fully saturated rings. The molecule has 1 unspecified atom stereocenters. The average molecular weight is 283 g/mol. The van der Waals surface area contributed by atoms with Gasteiger partial charge in [-0.25, -0.2) is 4.79 Å². The lowest BCUT2D eigenvalue weighted by Gasteiger charge is -2.14. The minimum Gasteiger partial charge on any atom is -0.478 e. The summed E-state index contributed by atoms with van der Waals surface area (Å²) in [5, 5.41) is 11.9. The molecule has 1 amide bonds. The molecule has 0 aliphatic carbocycles. The number of carboxylic acids is 1. The predicted octanol–water partition coefficient (Wildman–Crippen LogP) is 3.44. The van der Waals surface area contributed by atoms with Gasteiger partial charge >= 0.3 is 5.97 Å². The first kappa shape index (κ1) is 14.8. The number of hydrogen-bond acceptors (Lipinski definition) is 2. The average Bonchev–Trinajstić information content (AvgIpc) is 2.49. The Labute approximate surface area is 123 Å². The number of aryl methyl sites for hydroxylation is 1. The second kappa shape index (κ2) is 6.22. The molecule has 2 aromatic carbocycles. The van der Waals surface area contributed by atoms with E-state index in [2.05, 4.69) is 5.32 Å². The summed E-state index contributed by atoms with van der Waals surface area (Å²) in [4.78, 5) is 23.5. The second-order valence-corrected chi connectivity index (χ2v) is 4.98. The van der Waals surface area contributed by atoms with Crippen molar-refractivity contribution in [3.05, 3.63) is 65.2 Å². The van der Waals surface area contributed by atoms with Crippen LogP contribution in [0.1, 0.15) is 34.3 Å². The van der Waals surface area contributed by atoms with Crippen LogP contribution >= 0.6 is 0 Å². The van der Waals surface area contributed by atoms with Crippen molar-refractivity contribution in [3.8, 4) is 0 Å². The number of hydrogen-bond donors (Lipinski definition) is 2. The first-order chi connectivity index (χ1) is 9.99. The van der Waals surface area contributed by atoms with Crippen LogP contribution in [0.15, 0.2) is 48.5 Å². The fraction of sp³-hybridized carbons (Fsp3) is 0.176. The van der Waals surface area contributed by atoms with Crippen LogP contribution in [0, 0.1) is 6.92 Å². The van der Waals surface area contributed by atoms with Gasteiger partial charge in [0.05, 0.1) is 17.2 Å². The molecule has 21 heavy (non-hydrogen) atoms.